The summed E-state index contributed by atoms with van der Waals surface area (Å²) in [5, 5.41) is 4.61. The molecule has 1 N–H and O–H groups in total. The van der Waals surface area contributed by atoms with Crippen LogP contribution in [0.1, 0.15) is 38.2 Å². The third kappa shape index (κ3) is 3.00. The first kappa shape index (κ1) is 13.3. The lowest BCUT2D eigenvalue weighted by Gasteiger charge is -2.08. The fraction of sp³-hybridized carbons (Fsp3) is 0.500. The SMILES string of the molecule is CCCNC(C)c1nc2ccc(OCC)cc2s1. The second kappa shape index (κ2) is 6.16. The summed E-state index contributed by atoms with van der Waals surface area (Å²) in [7, 11) is 0. The highest BCUT2D eigenvalue weighted by Crippen LogP contribution is 2.29. The Balaban J connectivity index is 2.21. The number of nitrogens with one attached hydrogen (secondary N) is 1. The number of fused-ring (bicyclic) bond motifs is 1. The first-order valence-corrected chi connectivity index (χ1v) is 7.33. The van der Waals surface area contributed by atoms with Crippen molar-refractivity contribution in [1.82, 2.24) is 10.3 Å². The van der Waals surface area contributed by atoms with E-state index in [0.29, 0.717) is 12.6 Å². The summed E-state index contributed by atoms with van der Waals surface area (Å²) in [4.78, 5) is 4.67. The summed E-state index contributed by atoms with van der Waals surface area (Å²) < 4.78 is 6.71. The highest BCUT2D eigenvalue weighted by Gasteiger charge is 2.11. The van der Waals surface area contributed by atoms with Gasteiger partial charge in [0.25, 0.3) is 0 Å². The summed E-state index contributed by atoms with van der Waals surface area (Å²) in [6.45, 7) is 8.06. The monoisotopic (exact) mass is 264 g/mol. The molecule has 1 atom stereocenters. The lowest BCUT2D eigenvalue weighted by atomic mass is 10.3. The molecule has 0 saturated carbocycles. The van der Waals surface area contributed by atoms with Crippen molar-refractivity contribution in [1.29, 1.82) is 0 Å². The first-order valence-electron chi connectivity index (χ1n) is 6.51. The van der Waals surface area contributed by atoms with Gasteiger partial charge in [0, 0.05) is 0 Å². The maximum Gasteiger partial charge on any atom is 0.120 e. The van der Waals surface area contributed by atoms with Crippen molar-refractivity contribution in [2.45, 2.75) is 33.2 Å². The molecule has 0 aliphatic heterocycles. The Morgan fingerprint density at radius 1 is 1.39 bits per heavy atom. The molecule has 0 fully saturated rings. The molecule has 1 unspecified atom stereocenters. The van der Waals surface area contributed by atoms with Crippen molar-refractivity contribution < 1.29 is 4.74 Å². The number of thiazole rings is 1. The smallest absolute Gasteiger partial charge is 0.120 e. The van der Waals surface area contributed by atoms with Gasteiger partial charge in [0.1, 0.15) is 10.8 Å². The third-order valence-electron chi connectivity index (χ3n) is 2.76. The minimum absolute atomic E-state index is 0.317. The number of hydrogen-bond acceptors (Lipinski definition) is 4. The number of nitrogens with zero attached hydrogens (tertiary/aromatic N) is 1. The number of rotatable bonds is 6. The Kier molecular flexibility index (Phi) is 4.55. The molecule has 1 heterocycles. The van der Waals surface area contributed by atoms with Gasteiger partial charge in [0.15, 0.2) is 0 Å². The second-order valence-corrected chi connectivity index (χ2v) is 5.35. The van der Waals surface area contributed by atoms with E-state index in [2.05, 4.69) is 30.2 Å². The molecule has 2 rings (SSSR count). The zero-order valence-electron chi connectivity index (χ0n) is 11.2. The van der Waals surface area contributed by atoms with E-state index in [1.807, 2.05) is 19.1 Å². The van der Waals surface area contributed by atoms with Crippen LogP contribution < -0.4 is 10.1 Å². The van der Waals surface area contributed by atoms with E-state index in [0.717, 1.165) is 29.2 Å². The number of benzene rings is 1. The predicted molar refractivity (Wildman–Crippen MR) is 77.5 cm³/mol. The third-order valence-corrected chi connectivity index (χ3v) is 3.96. The van der Waals surface area contributed by atoms with Crippen LogP contribution in [0.4, 0.5) is 0 Å². The Bertz CT molecular complexity index is 509. The molecule has 2 aromatic rings. The van der Waals surface area contributed by atoms with Gasteiger partial charge in [-0.2, -0.15) is 0 Å². The molecule has 18 heavy (non-hydrogen) atoms. The summed E-state index contributed by atoms with van der Waals surface area (Å²) >= 11 is 1.74. The van der Waals surface area contributed by atoms with Crippen LogP contribution in [0, 0.1) is 0 Å². The molecule has 98 valence electrons. The molecule has 4 heteroatoms. The van der Waals surface area contributed by atoms with E-state index in [4.69, 9.17) is 4.74 Å². The molecule has 1 aromatic heterocycles. The Labute approximate surface area is 112 Å². The highest BCUT2D eigenvalue weighted by molar-refractivity contribution is 7.18. The first-order chi connectivity index (χ1) is 8.74. The van der Waals surface area contributed by atoms with Crippen molar-refractivity contribution in [2.24, 2.45) is 0 Å². The fourth-order valence-corrected chi connectivity index (χ4v) is 2.84. The quantitative estimate of drug-likeness (QED) is 0.862. The van der Waals surface area contributed by atoms with Crippen molar-refractivity contribution in [3.63, 3.8) is 0 Å². The number of ether oxygens (including phenoxy) is 1. The van der Waals surface area contributed by atoms with Gasteiger partial charge in [0.2, 0.25) is 0 Å². The van der Waals surface area contributed by atoms with Crippen molar-refractivity contribution in [2.75, 3.05) is 13.2 Å². The standard InChI is InChI=1S/C14H20N2OS/c1-4-8-15-10(3)14-16-12-7-6-11(17-5-2)9-13(12)18-14/h6-7,9-10,15H,4-5,8H2,1-3H3. The van der Waals surface area contributed by atoms with Crippen molar-refractivity contribution in [3.05, 3.63) is 23.2 Å². The van der Waals surface area contributed by atoms with Crippen molar-refractivity contribution >= 4 is 21.6 Å². The van der Waals surface area contributed by atoms with Gasteiger partial charge in [-0.3, -0.25) is 0 Å². The summed E-state index contributed by atoms with van der Waals surface area (Å²) in [6.07, 6.45) is 1.14. The molecule has 0 saturated heterocycles. The van der Waals surface area contributed by atoms with E-state index in [1.54, 1.807) is 11.3 Å². The Morgan fingerprint density at radius 3 is 2.94 bits per heavy atom. The fourth-order valence-electron chi connectivity index (χ4n) is 1.81. The zero-order valence-corrected chi connectivity index (χ0v) is 12.0. The minimum Gasteiger partial charge on any atom is -0.494 e. The molecular formula is C14H20N2OS. The maximum absolute atomic E-state index is 5.51. The Hall–Kier alpha value is -1.13. The second-order valence-electron chi connectivity index (χ2n) is 4.29. The van der Waals surface area contributed by atoms with Gasteiger partial charge in [-0.05, 0) is 45.0 Å². The van der Waals surface area contributed by atoms with E-state index in [1.165, 1.54) is 4.70 Å². The predicted octanol–water partition coefficient (Wildman–Crippen LogP) is 3.76. The molecular weight excluding hydrogens is 244 g/mol. The average Bonchev–Trinajstić information content (AvgIpc) is 2.79. The van der Waals surface area contributed by atoms with Gasteiger partial charge in [-0.15, -0.1) is 11.3 Å². The van der Waals surface area contributed by atoms with Crippen molar-refractivity contribution in [3.8, 4) is 5.75 Å². The van der Waals surface area contributed by atoms with Crippen LogP contribution in [0.3, 0.4) is 0 Å². The summed E-state index contributed by atoms with van der Waals surface area (Å²) in [6, 6.07) is 6.41. The zero-order chi connectivity index (χ0) is 13.0. The highest BCUT2D eigenvalue weighted by atomic mass is 32.1. The molecule has 0 aliphatic rings. The van der Waals surface area contributed by atoms with E-state index in [-0.39, 0.29) is 0 Å². The molecule has 3 nitrogen and oxygen atoms in total. The van der Waals surface area contributed by atoms with E-state index in [9.17, 15) is 0 Å². The van der Waals surface area contributed by atoms with Crippen LogP contribution in [0.15, 0.2) is 18.2 Å². The number of aromatic nitrogens is 1. The largest absolute Gasteiger partial charge is 0.494 e. The molecule has 1 aromatic carbocycles. The van der Waals surface area contributed by atoms with Gasteiger partial charge in [-0.25, -0.2) is 4.98 Å². The molecule has 0 spiro atoms. The van der Waals surface area contributed by atoms with Crippen LogP contribution in [0.25, 0.3) is 10.2 Å². The van der Waals surface area contributed by atoms with Crippen LogP contribution in [0.5, 0.6) is 5.75 Å². The molecule has 0 bridgehead atoms. The molecule has 0 amide bonds. The summed E-state index contributed by atoms with van der Waals surface area (Å²) in [5.41, 5.74) is 1.06. The topological polar surface area (TPSA) is 34.2 Å². The average molecular weight is 264 g/mol. The minimum atomic E-state index is 0.317. The lowest BCUT2D eigenvalue weighted by molar-refractivity contribution is 0.341. The molecule has 0 aliphatic carbocycles. The van der Waals surface area contributed by atoms with Crippen LogP contribution in [-0.2, 0) is 0 Å². The summed E-state index contributed by atoms with van der Waals surface area (Å²) in [5.74, 6) is 0.925. The van der Waals surface area contributed by atoms with Crippen LogP contribution in [0.2, 0.25) is 0 Å². The van der Waals surface area contributed by atoms with Gasteiger partial charge < -0.3 is 10.1 Å². The van der Waals surface area contributed by atoms with E-state index < -0.39 is 0 Å². The van der Waals surface area contributed by atoms with Gasteiger partial charge in [0.05, 0.1) is 22.9 Å². The lowest BCUT2D eigenvalue weighted by Crippen LogP contribution is -2.18. The van der Waals surface area contributed by atoms with Crippen LogP contribution >= 0.6 is 11.3 Å². The normalized spacial score (nSPS) is 12.8. The van der Waals surface area contributed by atoms with Gasteiger partial charge >= 0.3 is 0 Å². The van der Waals surface area contributed by atoms with Gasteiger partial charge in [-0.1, -0.05) is 6.92 Å². The number of hydrogen-bond donors (Lipinski definition) is 1. The molecule has 0 radical (unpaired) electrons. The Morgan fingerprint density at radius 2 is 2.22 bits per heavy atom. The maximum atomic E-state index is 5.51. The van der Waals surface area contributed by atoms with Crippen LogP contribution in [-0.4, -0.2) is 18.1 Å². The van der Waals surface area contributed by atoms with E-state index >= 15 is 0 Å².